The Balaban J connectivity index is 1.88. The molecule has 1 aromatic heterocycles. The van der Waals surface area contributed by atoms with Crippen LogP contribution in [0, 0.1) is 0 Å². The van der Waals surface area contributed by atoms with E-state index >= 15 is 0 Å². The third-order valence-corrected chi connectivity index (χ3v) is 4.81. The number of benzene rings is 1. The van der Waals surface area contributed by atoms with E-state index in [-0.39, 0.29) is 29.2 Å². The second kappa shape index (κ2) is 7.03. The highest BCUT2D eigenvalue weighted by Gasteiger charge is 2.30. The number of carbonyl (C=O) groups is 2. The molecule has 1 aliphatic rings. The quantitative estimate of drug-likeness (QED) is 0.652. The molecule has 1 atom stereocenters. The molecule has 2 N–H and O–H groups in total. The van der Waals surface area contributed by atoms with Crippen molar-refractivity contribution in [3.05, 3.63) is 53.9 Å². The summed E-state index contributed by atoms with van der Waals surface area (Å²) in [5.74, 6) is -0.811. The number of anilines is 1. The lowest BCUT2D eigenvalue weighted by molar-refractivity contribution is -0.111. The summed E-state index contributed by atoms with van der Waals surface area (Å²) in [5.41, 5.74) is 2.75. The predicted molar refractivity (Wildman–Crippen MR) is 97.9 cm³/mol. The highest BCUT2D eigenvalue weighted by Crippen LogP contribution is 2.35. The number of phenolic OH excluding ortho intramolecular Hbond substituents is 1. The van der Waals surface area contributed by atoms with Crippen LogP contribution in [0.3, 0.4) is 0 Å². The van der Waals surface area contributed by atoms with Gasteiger partial charge in [-0.05, 0) is 43.5 Å². The molecule has 1 heterocycles. The average Bonchev–Trinajstić information content (AvgIpc) is 3.03. The van der Waals surface area contributed by atoms with Crippen LogP contribution >= 0.6 is 0 Å². The summed E-state index contributed by atoms with van der Waals surface area (Å²) in [5, 5.41) is 17.1. The van der Waals surface area contributed by atoms with Crippen molar-refractivity contribution in [3.63, 3.8) is 0 Å². The molecule has 0 radical (unpaired) electrons. The Hall–Kier alpha value is -3.09. The van der Waals surface area contributed by atoms with Crippen LogP contribution in [-0.4, -0.2) is 38.6 Å². The summed E-state index contributed by atoms with van der Waals surface area (Å²) in [6.07, 6.45) is 5.71. The Kier molecular flexibility index (Phi) is 4.79. The highest BCUT2D eigenvalue weighted by molar-refractivity contribution is 6.02. The van der Waals surface area contributed by atoms with Crippen molar-refractivity contribution in [3.8, 4) is 5.75 Å². The van der Waals surface area contributed by atoms with Crippen molar-refractivity contribution in [2.75, 3.05) is 12.4 Å². The summed E-state index contributed by atoms with van der Waals surface area (Å²) in [6.45, 7) is 3.40. The van der Waals surface area contributed by atoms with Gasteiger partial charge in [0, 0.05) is 31.0 Å². The van der Waals surface area contributed by atoms with Crippen LogP contribution in [0.15, 0.2) is 37.1 Å². The fourth-order valence-corrected chi connectivity index (χ4v) is 3.39. The van der Waals surface area contributed by atoms with Crippen molar-refractivity contribution in [2.24, 2.45) is 7.05 Å². The van der Waals surface area contributed by atoms with Crippen LogP contribution in [0.4, 0.5) is 5.69 Å². The van der Waals surface area contributed by atoms with Gasteiger partial charge in [-0.15, -0.1) is 0 Å². The number of amides is 2. The molecule has 3 rings (SSSR count). The Labute approximate surface area is 151 Å². The lowest BCUT2D eigenvalue weighted by Crippen LogP contribution is -2.33. The lowest BCUT2D eigenvalue weighted by atomic mass is 9.91. The molecular formula is C19H22N4O3. The molecule has 2 aromatic rings. The summed E-state index contributed by atoms with van der Waals surface area (Å²) in [4.78, 5) is 26.1. The predicted octanol–water partition coefficient (Wildman–Crippen LogP) is 2.40. The first-order valence-electron chi connectivity index (χ1n) is 8.46. The van der Waals surface area contributed by atoms with Crippen LogP contribution in [0.2, 0.25) is 0 Å². The summed E-state index contributed by atoms with van der Waals surface area (Å²) < 4.78 is 1.85. The second-order valence-corrected chi connectivity index (χ2v) is 6.42. The SMILES string of the molecule is C=CC(=O)Nc1ccc(O)c(C(=O)N(C)C2CCCc3c2cnn3C)c1. The third-order valence-electron chi connectivity index (χ3n) is 4.81. The Morgan fingerprint density at radius 2 is 2.23 bits per heavy atom. The summed E-state index contributed by atoms with van der Waals surface area (Å²) in [7, 11) is 3.63. The second-order valence-electron chi connectivity index (χ2n) is 6.42. The maximum absolute atomic E-state index is 13.0. The van der Waals surface area contributed by atoms with Crippen LogP contribution in [0.25, 0.3) is 0 Å². The normalized spacial score (nSPS) is 15.8. The topological polar surface area (TPSA) is 87.5 Å². The van der Waals surface area contributed by atoms with Crippen molar-refractivity contribution in [2.45, 2.75) is 25.3 Å². The maximum atomic E-state index is 13.0. The molecule has 2 amide bonds. The minimum absolute atomic E-state index is 0.0919. The number of fused-ring (bicyclic) bond motifs is 1. The highest BCUT2D eigenvalue weighted by atomic mass is 16.3. The number of aryl methyl sites for hydroxylation is 1. The van der Waals surface area contributed by atoms with Crippen molar-refractivity contribution < 1.29 is 14.7 Å². The van der Waals surface area contributed by atoms with E-state index in [9.17, 15) is 14.7 Å². The Morgan fingerprint density at radius 1 is 1.46 bits per heavy atom. The van der Waals surface area contributed by atoms with Gasteiger partial charge in [0.1, 0.15) is 5.75 Å². The van der Waals surface area contributed by atoms with Crippen molar-refractivity contribution >= 4 is 17.5 Å². The van der Waals surface area contributed by atoms with Crippen LogP contribution < -0.4 is 5.32 Å². The minimum Gasteiger partial charge on any atom is -0.507 e. The van der Waals surface area contributed by atoms with E-state index in [0.29, 0.717) is 5.69 Å². The number of nitrogens with one attached hydrogen (secondary N) is 1. The van der Waals surface area contributed by atoms with Gasteiger partial charge in [0.2, 0.25) is 5.91 Å². The smallest absolute Gasteiger partial charge is 0.257 e. The van der Waals surface area contributed by atoms with Crippen LogP contribution in [0.1, 0.15) is 40.5 Å². The van der Waals surface area contributed by atoms with E-state index in [1.165, 1.54) is 18.2 Å². The molecule has 0 aliphatic heterocycles. The van der Waals surface area contributed by atoms with E-state index in [1.54, 1.807) is 11.9 Å². The first-order valence-corrected chi connectivity index (χ1v) is 8.46. The van der Waals surface area contributed by atoms with Crippen LogP contribution in [-0.2, 0) is 18.3 Å². The number of aromatic hydroxyl groups is 1. The molecule has 1 aromatic carbocycles. The summed E-state index contributed by atoms with van der Waals surface area (Å²) >= 11 is 0. The molecule has 7 heteroatoms. The van der Waals surface area contributed by atoms with Gasteiger partial charge >= 0.3 is 0 Å². The number of hydrogen-bond acceptors (Lipinski definition) is 4. The number of rotatable bonds is 4. The van der Waals surface area contributed by atoms with Crippen LogP contribution in [0.5, 0.6) is 5.75 Å². The molecule has 1 unspecified atom stereocenters. The monoisotopic (exact) mass is 354 g/mol. The van der Waals surface area contributed by atoms with Gasteiger partial charge in [-0.25, -0.2) is 0 Å². The lowest BCUT2D eigenvalue weighted by Gasteiger charge is -2.31. The maximum Gasteiger partial charge on any atom is 0.257 e. The third kappa shape index (κ3) is 3.20. The first-order chi connectivity index (χ1) is 12.4. The first kappa shape index (κ1) is 17.7. The van der Waals surface area contributed by atoms with Gasteiger partial charge in [0.15, 0.2) is 0 Å². The molecule has 0 spiro atoms. The van der Waals surface area contributed by atoms with Gasteiger partial charge in [-0.3, -0.25) is 14.3 Å². The zero-order valence-corrected chi connectivity index (χ0v) is 14.9. The standard InChI is InChI=1S/C19H22N4O3/c1-4-18(25)21-12-8-9-17(24)13(10-12)19(26)22(2)15-6-5-7-16-14(15)11-20-23(16)3/h4,8-11,15,24H,1,5-7H2,2-3H3,(H,21,25). The molecule has 26 heavy (non-hydrogen) atoms. The number of hydrogen-bond donors (Lipinski definition) is 2. The number of nitrogens with zero attached hydrogens (tertiary/aromatic N) is 3. The fourth-order valence-electron chi connectivity index (χ4n) is 3.39. The minimum atomic E-state index is -0.380. The Bertz CT molecular complexity index is 872. The Morgan fingerprint density at radius 3 is 2.96 bits per heavy atom. The molecule has 0 fully saturated rings. The molecule has 1 aliphatic carbocycles. The molecule has 0 saturated heterocycles. The largest absolute Gasteiger partial charge is 0.507 e. The van der Waals surface area contributed by atoms with Gasteiger partial charge in [-0.2, -0.15) is 5.10 Å². The molecule has 0 saturated carbocycles. The molecular weight excluding hydrogens is 332 g/mol. The number of aromatic nitrogens is 2. The average molecular weight is 354 g/mol. The molecule has 0 bridgehead atoms. The zero-order chi connectivity index (χ0) is 18.8. The zero-order valence-electron chi connectivity index (χ0n) is 14.9. The summed E-state index contributed by atoms with van der Waals surface area (Å²) in [6, 6.07) is 4.32. The van der Waals surface area contributed by atoms with Gasteiger partial charge in [-0.1, -0.05) is 6.58 Å². The number of phenols is 1. The van der Waals surface area contributed by atoms with E-state index in [4.69, 9.17) is 0 Å². The fraction of sp³-hybridized carbons (Fsp3) is 0.316. The molecule has 136 valence electrons. The van der Waals surface area contributed by atoms with Gasteiger partial charge < -0.3 is 15.3 Å². The van der Waals surface area contributed by atoms with E-state index in [0.717, 1.165) is 36.6 Å². The van der Waals surface area contributed by atoms with Crippen molar-refractivity contribution in [1.82, 2.24) is 14.7 Å². The van der Waals surface area contributed by atoms with Gasteiger partial charge in [0.05, 0.1) is 17.8 Å². The van der Waals surface area contributed by atoms with E-state index in [1.807, 2.05) is 17.9 Å². The van der Waals surface area contributed by atoms with E-state index < -0.39 is 0 Å². The van der Waals surface area contributed by atoms with E-state index in [2.05, 4.69) is 17.0 Å². The van der Waals surface area contributed by atoms with Crippen molar-refractivity contribution in [1.29, 1.82) is 0 Å². The van der Waals surface area contributed by atoms with Gasteiger partial charge in [0.25, 0.3) is 5.91 Å². The number of carbonyl (C=O) groups excluding carboxylic acids is 2. The molecule has 7 nitrogen and oxygen atoms in total.